The number of benzene rings is 1. The third kappa shape index (κ3) is 2.84. The van der Waals surface area contributed by atoms with Gasteiger partial charge in [-0.25, -0.2) is 0 Å². The minimum Gasteiger partial charge on any atom is -0.508 e. The Morgan fingerprint density at radius 2 is 2.00 bits per heavy atom. The van der Waals surface area contributed by atoms with Gasteiger partial charge in [-0.05, 0) is 28.5 Å². The molecule has 1 rings (SSSR count). The van der Waals surface area contributed by atoms with Gasteiger partial charge in [0.05, 0.1) is 0 Å². The van der Waals surface area contributed by atoms with Gasteiger partial charge in [-0.3, -0.25) is 0 Å². The number of phenols is 1. The van der Waals surface area contributed by atoms with Crippen LogP contribution in [0.15, 0.2) is 18.2 Å². The van der Waals surface area contributed by atoms with Crippen molar-refractivity contribution in [3.05, 3.63) is 29.3 Å². The third-order valence-electron chi connectivity index (χ3n) is 2.87. The number of phenolic OH excluding ortho intramolecular Hbond substituents is 1. The number of hydrogen-bond acceptors (Lipinski definition) is 2. The first kappa shape index (κ1) is 12.8. The highest BCUT2D eigenvalue weighted by molar-refractivity contribution is 5.53. The van der Waals surface area contributed by atoms with Gasteiger partial charge >= 0.3 is 0 Å². The smallest absolute Gasteiger partial charge is 0.120 e. The summed E-state index contributed by atoms with van der Waals surface area (Å²) < 4.78 is 0. The minimum atomic E-state index is 0.0589. The number of aldehydes is 1. The Morgan fingerprint density at radius 3 is 2.50 bits per heavy atom. The predicted molar refractivity (Wildman–Crippen MR) is 65.9 cm³/mol. The zero-order valence-electron chi connectivity index (χ0n) is 10.4. The topological polar surface area (TPSA) is 37.3 Å². The van der Waals surface area contributed by atoms with E-state index in [-0.39, 0.29) is 17.1 Å². The molecule has 0 bridgehead atoms. The SMILES string of the molecule is CC(CC=O)c1cc(C(C)(C)C)ccc1O. The van der Waals surface area contributed by atoms with Crippen molar-refractivity contribution in [1.29, 1.82) is 0 Å². The number of carbonyl (C=O) groups is 1. The van der Waals surface area contributed by atoms with Gasteiger partial charge in [-0.15, -0.1) is 0 Å². The van der Waals surface area contributed by atoms with Crippen molar-refractivity contribution in [1.82, 2.24) is 0 Å². The van der Waals surface area contributed by atoms with E-state index in [1.165, 1.54) is 5.56 Å². The Balaban J connectivity index is 3.13. The fraction of sp³-hybridized carbons (Fsp3) is 0.500. The molecule has 0 spiro atoms. The van der Waals surface area contributed by atoms with Crippen molar-refractivity contribution in [2.45, 2.75) is 45.4 Å². The minimum absolute atomic E-state index is 0.0589. The molecule has 1 aromatic carbocycles. The molecular weight excluding hydrogens is 200 g/mol. The van der Waals surface area contributed by atoms with Crippen LogP contribution in [0.4, 0.5) is 0 Å². The van der Waals surface area contributed by atoms with Gasteiger partial charge < -0.3 is 9.90 Å². The molecule has 1 unspecified atom stereocenters. The van der Waals surface area contributed by atoms with Crippen LogP contribution >= 0.6 is 0 Å². The molecule has 0 amide bonds. The fourth-order valence-electron chi connectivity index (χ4n) is 1.69. The molecule has 0 aliphatic rings. The van der Waals surface area contributed by atoms with Crippen molar-refractivity contribution >= 4 is 6.29 Å². The van der Waals surface area contributed by atoms with Crippen LogP contribution in [0.25, 0.3) is 0 Å². The lowest BCUT2D eigenvalue weighted by Crippen LogP contribution is -2.11. The molecule has 0 saturated heterocycles. The maximum atomic E-state index is 10.5. The molecule has 0 heterocycles. The van der Waals surface area contributed by atoms with Gasteiger partial charge in [0, 0.05) is 6.42 Å². The summed E-state index contributed by atoms with van der Waals surface area (Å²) in [6, 6.07) is 5.66. The number of carbonyl (C=O) groups excluding carboxylic acids is 1. The molecule has 0 aliphatic carbocycles. The van der Waals surface area contributed by atoms with Gasteiger partial charge in [0.2, 0.25) is 0 Å². The number of hydrogen-bond donors (Lipinski definition) is 1. The van der Waals surface area contributed by atoms with Crippen LogP contribution in [-0.2, 0) is 10.2 Å². The van der Waals surface area contributed by atoms with E-state index in [1.54, 1.807) is 6.07 Å². The molecule has 2 heteroatoms. The first-order valence-corrected chi connectivity index (χ1v) is 5.63. The first-order valence-electron chi connectivity index (χ1n) is 5.63. The molecule has 16 heavy (non-hydrogen) atoms. The van der Waals surface area contributed by atoms with Gasteiger partial charge in [-0.1, -0.05) is 39.8 Å². The van der Waals surface area contributed by atoms with E-state index in [9.17, 15) is 9.90 Å². The summed E-state index contributed by atoms with van der Waals surface area (Å²) in [5, 5.41) is 9.78. The standard InChI is InChI=1S/C14H20O2/c1-10(7-8-15)12-9-11(14(2,3)4)5-6-13(12)16/h5-6,8-10,16H,7H2,1-4H3. The zero-order valence-corrected chi connectivity index (χ0v) is 10.4. The molecule has 0 aromatic heterocycles. The Kier molecular flexibility index (Phi) is 3.74. The van der Waals surface area contributed by atoms with Crippen LogP contribution in [0, 0.1) is 0 Å². The second-order valence-corrected chi connectivity index (χ2v) is 5.33. The van der Waals surface area contributed by atoms with E-state index in [0.29, 0.717) is 6.42 Å². The summed E-state index contributed by atoms with van der Waals surface area (Å²) >= 11 is 0. The van der Waals surface area contributed by atoms with E-state index in [0.717, 1.165) is 11.8 Å². The Hall–Kier alpha value is -1.31. The van der Waals surface area contributed by atoms with Crippen LogP contribution in [-0.4, -0.2) is 11.4 Å². The van der Waals surface area contributed by atoms with Gasteiger partial charge in [0.15, 0.2) is 0 Å². The molecule has 2 nitrogen and oxygen atoms in total. The molecule has 0 fully saturated rings. The molecule has 0 aliphatic heterocycles. The van der Waals surface area contributed by atoms with E-state index in [2.05, 4.69) is 20.8 Å². The zero-order chi connectivity index (χ0) is 12.3. The fourth-order valence-corrected chi connectivity index (χ4v) is 1.69. The maximum Gasteiger partial charge on any atom is 0.120 e. The summed E-state index contributed by atoms with van der Waals surface area (Å²) in [6.45, 7) is 8.35. The average Bonchev–Trinajstić information content (AvgIpc) is 2.16. The molecule has 88 valence electrons. The Morgan fingerprint density at radius 1 is 1.38 bits per heavy atom. The monoisotopic (exact) mass is 220 g/mol. The second kappa shape index (κ2) is 4.69. The van der Waals surface area contributed by atoms with E-state index >= 15 is 0 Å². The van der Waals surface area contributed by atoms with Crippen LogP contribution in [0.5, 0.6) is 5.75 Å². The lowest BCUT2D eigenvalue weighted by Gasteiger charge is -2.21. The molecule has 1 aromatic rings. The summed E-state index contributed by atoms with van der Waals surface area (Å²) in [7, 11) is 0. The lowest BCUT2D eigenvalue weighted by molar-refractivity contribution is -0.108. The summed E-state index contributed by atoms with van der Waals surface area (Å²) in [6.07, 6.45) is 1.34. The van der Waals surface area contributed by atoms with E-state index in [1.807, 2.05) is 19.1 Å². The van der Waals surface area contributed by atoms with Crippen LogP contribution in [0.3, 0.4) is 0 Å². The average molecular weight is 220 g/mol. The van der Waals surface area contributed by atoms with Gasteiger partial charge in [0.1, 0.15) is 12.0 Å². The highest BCUT2D eigenvalue weighted by Crippen LogP contribution is 2.32. The largest absolute Gasteiger partial charge is 0.508 e. The number of rotatable bonds is 3. The first-order chi connectivity index (χ1) is 7.36. The molecule has 1 atom stereocenters. The van der Waals surface area contributed by atoms with Crippen molar-refractivity contribution in [2.24, 2.45) is 0 Å². The highest BCUT2D eigenvalue weighted by atomic mass is 16.3. The molecule has 1 N–H and O–H groups in total. The van der Waals surface area contributed by atoms with Crippen molar-refractivity contribution in [3.8, 4) is 5.75 Å². The summed E-state index contributed by atoms with van der Waals surface area (Å²) in [4.78, 5) is 10.5. The summed E-state index contributed by atoms with van der Waals surface area (Å²) in [5.41, 5.74) is 2.10. The summed E-state index contributed by atoms with van der Waals surface area (Å²) in [5.74, 6) is 0.349. The third-order valence-corrected chi connectivity index (χ3v) is 2.87. The van der Waals surface area contributed by atoms with Gasteiger partial charge in [0.25, 0.3) is 0 Å². The maximum absolute atomic E-state index is 10.5. The van der Waals surface area contributed by atoms with E-state index < -0.39 is 0 Å². The normalized spacial score (nSPS) is 13.5. The lowest BCUT2D eigenvalue weighted by atomic mass is 9.84. The van der Waals surface area contributed by atoms with Crippen LogP contribution in [0.2, 0.25) is 0 Å². The van der Waals surface area contributed by atoms with Crippen molar-refractivity contribution in [3.63, 3.8) is 0 Å². The van der Waals surface area contributed by atoms with Crippen molar-refractivity contribution < 1.29 is 9.90 Å². The Bertz CT molecular complexity index is 375. The van der Waals surface area contributed by atoms with Crippen molar-refractivity contribution in [2.75, 3.05) is 0 Å². The Labute approximate surface area is 97.3 Å². The highest BCUT2D eigenvalue weighted by Gasteiger charge is 2.17. The second-order valence-electron chi connectivity index (χ2n) is 5.33. The van der Waals surface area contributed by atoms with Crippen LogP contribution < -0.4 is 0 Å². The molecular formula is C14H20O2. The predicted octanol–water partition coefficient (Wildman–Crippen LogP) is 3.38. The van der Waals surface area contributed by atoms with Crippen LogP contribution in [0.1, 0.15) is 51.2 Å². The van der Waals surface area contributed by atoms with E-state index in [4.69, 9.17) is 0 Å². The molecule has 0 radical (unpaired) electrons. The quantitative estimate of drug-likeness (QED) is 0.793. The molecule has 0 saturated carbocycles. The van der Waals surface area contributed by atoms with Gasteiger partial charge in [-0.2, -0.15) is 0 Å². The number of aromatic hydroxyl groups is 1.